The smallest absolute Gasteiger partial charge is 0.233 e. The molecule has 1 heterocycles. The minimum absolute atomic E-state index is 0.00531. The van der Waals surface area contributed by atoms with Gasteiger partial charge in [-0.25, -0.2) is 4.98 Å². The molecule has 1 aromatic rings. The van der Waals surface area contributed by atoms with Crippen LogP contribution in [-0.4, -0.2) is 27.0 Å². The summed E-state index contributed by atoms with van der Waals surface area (Å²) in [6.45, 7) is 3.72. The molecule has 110 valence electrons. The highest BCUT2D eigenvalue weighted by Gasteiger charge is 2.50. The molecule has 0 saturated heterocycles. The maximum atomic E-state index is 12.2. The molecule has 1 amide bonds. The molecule has 0 radical (unpaired) electrons. The third-order valence-electron chi connectivity index (χ3n) is 3.99. The number of hydrogen-bond donors (Lipinski definition) is 2. The van der Waals surface area contributed by atoms with Crippen molar-refractivity contribution in [3.63, 3.8) is 0 Å². The van der Waals surface area contributed by atoms with Crippen LogP contribution in [0.1, 0.15) is 32.6 Å². The lowest BCUT2D eigenvalue weighted by Crippen LogP contribution is -2.56. The van der Waals surface area contributed by atoms with Crippen LogP contribution in [0.5, 0.6) is 0 Å². The fourth-order valence-electron chi connectivity index (χ4n) is 2.84. The van der Waals surface area contributed by atoms with Crippen molar-refractivity contribution in [1.29, 1.82) is 0 Å². The van der Waals surface area contributed by atoms with Crippen LogP contribution in [0.3, 0.4) is 0 Å². The molecule has 0 spiro atoms. The molecule has 0 unspecified atom stereocenters. The molecule has 1 saturated carbocycles. The molecule has 3 N–H and O–H groups in total. The van der Waals surface area contributed by atoms with E-state index in [-0.39, 0.29) is 5.91 Å². The SMILES string of the molecule is CC1CC(C(=O)NCCCCn2ccnc2)(C(N)=S)C1. The summed E-state index contributed by atoms with van der Waals surface area (Å²) in [4.78, 5) is 16.6. The standard InChI is InChI=1S/C14H22N4OS/c1-11-8-14(9-11,12(15)20)13(19)17-4-2-3-6-18-7-5-16-10-18/h5,7,10-11H,2-4,6,8-9H2,1H3,(H2,15,20)(H,17,19). The summed E-state index contributed by atoms with van der Waals surface area (Å²) in [6.07, 6.45) is 9.02. The highest BCUT2D eigenvalue weighted by molar-refractivity contribution is 7.80. The van der Waals surface area contributed by atoms with Gasteiger partial charge in [0, 0.05) is 25.5 Å². The summed E-state index contributed by atoms with van der Waals surface area (Å²) >= 11 is 5.07. The Kier molecular flexibility index (Phi) is 4.75. The van der Waals surface area contributed by atoms with Crippen molar-refractivity contribution in [1.82, 2.24) is 14.9 Å². The topological polar surface area (TPSA) is 72.9 Å². The van der Waals surface area contributed by atoms with E-state index < -0.39 is 5.41 Å². The summed E-state index contributed by atoms with van der Waals surface area (Å²) in [7, 11) is 0. The number of unbranched alkanes of at least 4 members (excludes halogenated alkanes) is 1. The van der Waals surface area contributed by atoms with Gasteiger partial charge in [-0.1, -0.05) is 19.1 Å². The number of thiocarbonyl (C=S) groups is 1. The number of nitrogens with two attached hydrogens (primary N) is 1. The van der Waals surface area contributed by atoms with E-state index in [1.54, 1.807) is 12.5 Å². The number of aromatic nitrogens is 2. The van der Waals surface area contributed by atoms with Crippen LogP contribution in [0, 0.1) is 11.3 Å². The predicted molar refractivity (Wildman–Crippen MR) is 82.1 cm³/mol. The summed E-state index contributed by atoms with van der Waals surface area (Å²) in [5, 5.41) is 2.98. The number of rotatable bonds is 7. The summed E-state index contributed by atoms with van der Waals surface area (Å²) in [6, 6.07) is 0. The van der Waals surface area contributed by atoms with Crippen LogP contribution in [0.4, 0.5) is 0 Å². The Bertz CT molecular complexity index is 466. The van der Waals surface area contributed by atoms with E-state index in [4.69, 9.17) is 18.0 Å². The molecule has 6 heteroatoms. The minimum Gasteiger partial charge on any atom is -0.392 e. The van der Waals surface area contributed by atoms with Gasteiger partial charge in [0.05, 0.1) is 16.7 Å². The molecule has 0 atom stereocenters. The van der Waals surface area contributed by atoms with Crippen molar-refractivity contribution >= 4 is 23.1 Å². The Hall–Kier alpha value is -1.43. The molecule has 1 aliphatic rings. The third-order valence-corrected chi connectivity index (χ3v) is 4.38. The zero-order valence-corrected chi connectivity index (χ0v) is 12.7. The monoisotopic (exact) mass is 294 g/mol. The first-order valence-electron chi connectivity index (χ1n) is 7.08. The Balaban J connectivity index is 1.68. The van der Waals surface area contributed by atoms with Crippen molar-refractivity contribution in [3.05, 3.63) is 18.7 Å². The molecular formula is C14H22N4OS. The van der Waals surface area contributed by atoms with Gasteiger partial charge in [0.2, 0.25) is 5.91 Å². The van der Waals surface area contributed by atoms with E-state index in [1.165, 1.54) is 0 Å². The average Bonchev–Trinajstić information content (AvgIpc) is 2.86. The zero-order valence-electron chi connectivity index (χ0n) is 11.8. The minimum atomic E-state index is -0.584. The lowest BCUT2D eigenvalue weighted by molar-refractivity contribution is -0.132. The predicted octanol–water partition coefficient (Wildman–Crippen LogP) is 1.48. The molecule has 0 aromatic carbocycles. The first kappa shape index (κ1) is 15.0. The lowest BCUT2D eigenvalue weighted by Gasteiger charge is -2.44. The number of nitrogens with zero attached hydrogens (tertiary/aromatic N) is 2. The molecule has 1 aliphatic carbocycles. The van der Waals surface area contributed by atoms with Gasteiger partial charge in [-0.2, -0.15) is 0 Å². The van der Waals surface area contributed by atoms with Gasteiger partial charge in [0.15, 0.2) is 0 Å². The number of hydrogen-bond acceptors (Lipinski definition) is 3. The normalized spacial score (nSPS) is 24.9. The van der Waals surface area contributed by atoms with Gasteiger partial charge >= 0.3 is 0 Å². The maximum absolute atomic E-state index is 12.2. The number of aryl methyl sites for hydroxylation is 1. The largest absolute Gasteiger partial charge is 0.392 e. The molecule has 0 bridgehead atoms. The van der Waals surface area contributed by atoms with Crippen molar-refractivity contribution in [2.24, 2.45) is 17.1 Å². The molecular weight excluding hydrogens is 272 g/mol. The number of carbonyl (C=O) groups excluding carboxylic acids is 1. The van der Waals surface area contributed by atoms with Crippen molar-refractivity contribution < 1.29 is 4.79 Å². The Morgan fingerprint density at radius 3 is 2.85 bits per heavy atom. The van der Waals surface area contributed by atoms with Crippen LogP contribution >= 0.6 is 12.2 Å². The maximum Gasteiger partial charge on any atom is 0.233 e. The van der Waals surface area contributed by atoms with Crippen LogP contribution < -0.4 is 11.1 Å². The number of imidazole rings is 1. The Labute approximate surface area is 124 Å². The van der Waals surface area contributed by atoms with Crippen LogP contribution in [0.15, 0.2) is 18.7 Å². The highest BCUT2D eigenvalue weighted by Crippen LogP contribution is 2.45. The van der Waals surface area contributed by atoms with E-state index in [9.17, 15) is 4.79 Å². The molecule has 1 fully saturated rings. The fourth-order valence-corrected chi connectivity index (χ4v) is 3.10. The molecule has 20 heavy (non-hydrogen) atoms. The third kappa shape index (κ3) is 3.17. The van der Waals surface area contributed by atoms with E-state index in [0.717, 1.165) is 32.2 Å². The van der Waals surface area contributed by atoms with E-state index in [1.807, 2.05) is 10.8 Å². The fraction of sp³-hybridized carbons (Fsp3) is 0.643. The lowest BCUT2D eigenvalue weighted by atomic mass is 9.62. The molecule has 5 nitrogen and oxygen atoms in total. The second-order valence-electron chi connectivity index (χ2n) is 5.72. The number of nitrogens with one attached hydrogen (secondary N) is 1. The van der Waals surface area contributed by atoms with Crippen molar-refractivity contribution in [2.75, 3.05) is 6.54 Å². The number of amides is 1. The summed E-state index contributed by atoms with van der Waals surface area (Å²) in [5.74, 6) is 0.536. The van der Waals surface area contributed by atoms with Crippen molar-refractivity contribution in [2.45, 2.75) is 39.2 Å². The quantitative estimate of drug-likeness (QED) is 0.590. The van der Waals surface area contributed by atoms with Crippen LogP contribution in [-0.2, 0) is 11.3 Å². The van der Waals surface area contributed by atoms with E-state index >= 15 is 0 Å². The summed E-state index contributed by atoms with van der Waals surface area (Å²) in [5.41, 5.74) is 5.17. The second-order valence-corrected chi connectivity index (χ2v) is 6.16. The Morgan fingerprint density at radius 1 is 1.55 bits per heavy atom. The molecule has 2 rings (SSSR count). The molecule has 1 aromatic heterocycles. The van der Waals surface area contributed by atoms with Gasteiger partial charge in [0.25, 0.3) is 0 Å². The highest BCUT2D eigenvalue weighted by atomic mass is 32.1. The van der Waals surface area contributed by atoms with Gasteiger partial charge < -0.3 is 15.6 Å². The van der Waals surface area contributed by atoms with Gasteiger partial charge in [-0.05, 0) is 31.6 Å². The first-order valence-corrected chi connectivity index (χ1v) is 7.49. The second kappa shape index (κ2) is 6.35. The number of carbonyl (C=O) groups is 1. The Morgan fingerprint density at radius 2 is 2.30 bits per heavy atom. The van der Waals surface area contributed by atoms with Crippen LogP contribution in [0.2, 0.25) is 0 Å². The average molecular weight is 294 g/mol. The summed E-state index contributed by atoms with van der Waals surface area (Å²) < 4.78 is 2.03. The first-order chi connectivity index (χ1) is 9.54. The van der Waals surface area contributed by atoms with Crippen molar-refractivity contribution in [3.8, 4) is 0 Å². The zero-order chi connectivity index (χ0) is 14.6. The molecule has 0 aliphatic heterocycles. The van der Waals surface area contributed by atoms with Gasteiger partial charge in [0.1, 0.15) is 0 Å². The van der Waals surface area contributed by atoms with Crippen LogP contribution in [0.25, 0.3) is 0 Å². The van der Waals surface area contributed by atoms with Gasteiger partial charge in [-0.15, -0.1) is 0 Å². The van der Waals surface area contributed by atoms with Gasteiger partial charge in [-0.3, -0.25) is 4.79 Å². The van der Waals surface area contributed by atoms with E-state index in [2.05, 4.69) is 17.2 Å². The van der Waals surface area contributed by atoms with E-state index in [0.29, 0.717) is 17.5 Å².